The van der Waals surface area contributed by atoms with E-state index in [0.29, 0.717) is 6.61 Å². The summed E-state index contributed by atoms with van der Waals surface area (Å²) in [5, 5.41) is 4.34. The maximum atomic E-state index is 6.27. The van der Waals surface area contributed by atoms with Gasteiger partial charge in [0.15, 0.2) is 0 Å². The maximum absolute atomic E-state index is 6.27. The highest BCUT2D eigenvalue weighted by molar-refractivity contribution is 5.31. The Hall–Kier alpha value is -1.81. The van der Waals surface area contributed by atoms with E-state index < -0.39 is 0 Å². The summed E-state index contributed by atoms with van der Waals surface area (Å²) >= 11 is 0. The highest BCUT2D eigenvalue weighted by Gasteiger charge is 2.11. The normalized spacial score (nSPS) is 12.4. The van der Waals surface area contributed by atoms with Crippen molar-refractivity contribution in [1.82, 2.24) is 9.78 Å². The van der Waals surface area contributed by atoms with Gasteiger partial charge in [0.05, 0.1) is 12.3 Å². The Kier molecular flexibility index (Phi) is 4.22. The fourth-order valence-corrected chi connectivity index (χ4v) is 2.20. The lowest BCUT2D eigenvalue weighted by molar-refractivity contribution is 0.339. The number of rotatable bonds is 5. The Morgan fingerprint density at radius 2 is 2.16 bits per heavy atom. The van der Waals surface area contributed by atoms with Crippen molar-refractivity contribution >= 4 is 0 Å². The zero-order valence-electron chi connectivity index (χ0n) is 11.8. The third kappa shape index (κ3) is 3.35. The van der Waals surface area contributed by atoms with Crippen molar-refractivity contribution < 1.29 is 4.74 Å². The van der Waals surface area contributed by atoms with Gasteiger partial charge >= 0.3 is 0 Å². The number of hydrogen-bond acceptors (Lipinski definition) is 3. The van der Waals surface area contributed by atoms with Gasteiger partial charge in [-0.25, -0.2) is 0 Å². The summed E-state index contributed by atoms with van der Waals surface area (Å²) in [7, 11) is 1.95. The van der Waals surface area contributed by atoms with Gasteiger partial charge in [0.25, 0.3) is 0 Å². The number of benzene rings is 1. The Labute approximate surface area is 114 Å². The van der Waals surface area contributed by atoms with Gasteiger partial charge in [-0.3, -0.25) is 4.68 Å². The van der Waals surface area contributed by atoms with Gasteiger partial charge < -0.3 is 10.5 Å². The minimum atomic E-state index is -0.0461. The summed E-state index contributed by atoms with van der Waals surface area (Å²) in [6.45, 7) is 4.63. The van der Waals surface area contributed by atoms with Crippen molar-refractivity contribution in [3.63, 3.8) is 0 Å². The molecule has 2 rings (SSSR count). The van der Waals surface area contributed by atoms with E-state index in [1.54, 1.807) is 0 Å². The fraction of sp³-hybridized carbons (Fsp3) is 0.400. The molecule has 4 nitrogen and oxygen atoms in total. The van der Waals surface area contributed by atoms with Crippen LogP contribution in [0.15, 0.2) is 30.3 Å². The topological polar surface area (TPSA) is 53.1 Å². The second-order valence-electron chi connectivity index (χ2n) is 4.72. The van der Waals surface area contributed by atoms with Crippen LogP contribution >= 0.6 is 0 Å². The Balaban J connectivity index is 2.13. The van der Waals surface area contributed by atoms with E-state index in [0.717, 1.165) is 29.1 Å². The molecular weight excluding hydrogens is 238 g/mol. The van der Waals surface area contributed by atoms with E-state index in [-0.39, 0.29) is 6.04 Å². The Bertz CT molecular complexity index is 548. The molecule has 102 valence electrons. The Morgan fingerprint density at radius 3 is 2.79 bits per heavy atom. The van der Waals surface area contributed by atoms with Crippen molar-refractivity contribution in [2.75, 3.05) is 6.61 Å². The van der Waals surface area contributed by atoms with Crippen LogP contribution in [-0.2, 0) is 13.5 Å². The lowest BCUT2D eigenvalue weighted by Crippen LogP contribution is -2.15. The summed E-state index contributed by atoms with van der Waals surface area (Å²) in [4.78, 5) is 0. The molecule has 4 heteroatoms. The minimum Gasteiger partial charge on any atom is -0.494 e. The first-order valence-corrected chi connectivity index (χ1v) is 6.58. The predicted molar refractivity (Wildman–Crippen MR) is 76.2 cm³/mol. The molecule has 1 aromatic heterocycles. The number of hydrogen-bond donors (Lipinski definition) is 1. The van der Waals surface area contributed by atoms with Crippen LogP contribution in [0.2, 0.25) is 0 Å². The van der Waals surface area contributed by atoms with Gasteiger partial charge in [0.1, 0.15) is 5.75 Å². The predicted octanol–water partition coefficient (Wildman–Crippen LogP) is 2.37. The van der Waals surface area contributed by atoms with Crippen molar-refractivity contribution in [3.8, 4) is 5.75 Å². The van der Waals surface area contributed by atoms with Crippen molar-refractivity contribution in [3.05, 3.63) is 47.3 Å². The average Bonchev–Trinajstić information content (AvgIpc) is 2.68. The van der Waals surface area contributed by atoms with Crippen LogP contribution in [-0.4, -0.2) is 16.4 Å². The molecule has 1 atom stereocenters. The van der Waals surface area contributed by atoms with E-state index in [1.165, 1.54) is 0 Å². The van der Waals surface area contributed by atoms with Crippen LogP contribution in [0, 0.1) is 6.92 Å². The molecular formula is C15H21N3O. The van der Waals surface area contributed by atoms with Crippen LogP contribution in [0.3, 0.4) is 0 Å². The van der Waals surface area contributed by atoms with Gasteiger partial charge in [-0.05, 0) is 37.6 Å². The van der Waals surface area contributed by atoms with Crippen LogP contribution in [0.25, 0.3) is 0 Å². The SMILES string of the molecule is CCOc1cccc(C(N)Cc2cc(C)nn2C)c1. The average molecular weight is 259 g/mol. The molecule has 1 unspecified atom stereocenters. The zero-order valence-corrected chi connectivity index (χ0v) is 11.8. The van der Waals surface area contributed by atoms with E-state index in [2.05, 4.69) is 11.2 Å². The highest BCUT2D eigenvalue weighted by atomic mass is 16.5. The standard InChI is InChI=1S/C15H21N3O/c1-4-19-14-7-5-6-12(9-14)15(16)10-13-8-11(2)17-18(13)3/h5-9,15H,4,10,16H2,1-3H3. The van der Waals surface area contributed by atoms with Gasteiger partial charge in [-0.2, -0.15) is 5.10 Å². The van der Waals surface area contributed by atoms with Crippen molar-refractivity contribution in [1.29, 1.82) is 0 Å². The molecule has 2 N–H and O–H groups in total. The molecule has 0 aliphatic rings. The molecule has 0 spiro atoms. The van der Waals surface area contributed by atoms with Crippen molar-refractivity contribution in [2.45, 2.75) is 26.3 Å². The minimum absolute atomic E-state index is 0.0461. The zero-order chi connectivity index (χ0) is 13.8. The quantitative estimate of drug-likeness (QED) is 0.897. The molecule has 0 amide bonds. The summed E-state index contributed by atoms with van der Waals surface area (Å²) in [6, 6.07) is 10.0. The number of ether oxygens (including phenoxy) is 1. The first kappa shape index (κ1) is 13.6. The molecule has 0 saturated carbocycles. The number of aryl methyl sites for hydroxylation is 2. The molecule has 0 bridgehead atoms. The molecule has 0 aliphatic heterocycles. The molecule has 19 heavy (non-hydrogen) atoms. The van der Waals surface area contributed by atoms with E-state index in [1.807, 2.05) is 49.8 Å². The lowest BCUT2D eigenvalue weighted by atomic mass is 10.0. The van der Waals surface area contributed by atoms with Crippen LogP contribution in [0.5, 0.6) is 5.75 Å². The first-order valence-electron chi connectivity index (χ1n) is 6.58. The van der Waals surface area contributed by atoms with Gasteiger partial charge in [-0.15, -0.1) is 0 Å². The summed E-state index contributed by atoms with van der Waals surface area (Å²) in [6.07, 6.45) is 0.771. The third-order valence-electron chi connectivity index (χ3n) is 3.13. The molecule has 0 aliphatic carbocycles. The second-order valence-corrected chi connectivity index (χ2v) is 4.72. The monoisotopic (exact) mass is 259 g/mol. The number of aromatic nitrogens is 2. The molecule has 1 heterocycles. The van der Waals surface area contributed by atoms with Crippen molar-refractivity contribution in [2.24, 2.45) is 12.8 Å². The third-order valence-corrected chi connectivity index (χ3v) is 3.13. The van der Waals surface area contributed by atoms with Crippen LogP contribution < -0.4 is 10.5 Å². The maximum Gasteiger partial charge on any atom is 0.119 e. The molecule has 1 aromatic carbocycles. The smallest absolute Gasteiger partial charge is 0.119 e. The summed E-state index contributed by atoms with van der Waals surface area (Å²) in [5.41, 5.74) is 9.53. The van der Waals surface area contributed by atoms with E-state index in [9.17, 15) is 0 Å². The number of nitrogens with two attached hydrogens (primary N) is 1. The largest absolute Gasteiger partial charge is 0.494 e. The van der Waals surface area contributed by atoms with Crippen LogP contribution in [0.4, 0.5) is 0 Å². The second kappa shape index (κ2) is 5.89. The molecule has 0 radical (unpaired) electrons. The fourth-order valence-electron chi connectivity index (χ4n) is 2.20. The molecule has 0 fully saturated rings. The highest BCUT2D eigenvalue weighted by Crippen LogP contribution is 2.21. The lowest BCUT2D eigenvalue weighted by Gasteiger charge is -2.13. The molecule has 0 saturated heterocycles. The molecule has 2 aromatic rings. The van der Waals surface area contributed by atoms with Gasteiger partial charge in [-0.1, -0.05) is 12.1 Å². The number of nitrogens with zero attached hydrogens (tertiary/aromatic N) is 2. The van der Waals surface area contributed by atoms with Gasteiger partial charge in [0, 0.05) is 25.2 Å². The summed E-state index contributed by atoms with van der Waals surface area (Å²) < 4.78 is 7.39. The van der Waals surface area contributed by atoms with E-state index >= 15 is 0 Å². The first-order chi connectivity index (χ1) is 9.10. The summed E-state index contributed by atoms with van der Waals surface area (Å²) in [5.74, 6) is 0.872. The van der Waals surface area contributed by atoms with Gasteiger partial charge in [0.2, 0.25) is 0 Å². The Morgan fingerprint density at radius 1 is 1.37 bits per heavy atom. The van der Waals surface area contributed by atoms with Crippen LogP contribution in [0.1, 0.15) is 29.9 Å². The van der Waals surface area contributed by atoms with E-state index in [4.69, 9.17) is 10.5 Å².